The number of nitrogens with zero attached hydrogens (tertiary/aromatic N) is 2. The minimum atomic E-state index is -0.258. The molecule has 21 heavy (non-hydrogen) atoms. The molecule has 1 aliphatic heterocycles. The SMILES string of the molecule is CSC1CC(=O)N(CCCOc2cccnc2SF)C1=O. The topological polar surface area (TPSA) is 59.5 Å². The Morgan fingerprint density at radius 1 is 1.52 bits per heavy atom. The number of likely N-dealkylation sites (tertiary alicyclic amines) is 1. The number of thioether (sulfide) groups is 1. The highest BCUT2D eigenvalue weighted by molar-refractivity contribution is 8.00. The van der Waals surface area contributed by atoms with Crippen molar-refractivity contribution in [2.24, 2.45) is 0 Å². The molecule has 0 bridgehead atoms. The van der Waals surface area contributed by atoms with Crippen LogP contribution in [0.15, 0.2) is 23.4 Å². The lowest BCUT2D eigenvalue weighted by atomic mass is 10.4. The minimum absolute atomic E-state index is 0.0253. The van der Waals surface area contributed by atoms with Crippen molar-refractivity contribution in [2.45, 2.75) is 23.1 Å². The van der Waals surface area contributed by atoms with E-state index in [1.54, 1.807) is 12.1 Å². The highest BCUT2D eigenvalue weighted by Gasteiger charge is 2.37. The molecule has 0 spiro atoms. The van der Waals surface area contributed by atoms with Crippen molar-refractivity contribution in [3.05, 3.63) is 18.3 Å². The van der Waals surface area contributed by atoms with Crippen LogP contribution in [0.1, 0.15) is 12.8 Å². The maximum absolute atomic E-state index is 12.6. The van der Waals surface area contributed by atoms with E-state index in [2.05, 4.69) is 4.98 Å². The van der Waals surface area contributed by atoms with Crippen LogP contribution in [-0.2, 0) is 9.59 Å². The third-order valence-corrected chi connectivity index (χ3v) is 4.47. The molecule has 1 aromatic rings. The predicted molar refractivity (Wildman–Crippen MR) is 80.0 cm³/mol. The summed E-state index contributed by atoms with van der Waals surface area (Å²) in [6.07, 6.45) is 4.08. The van der Waals surface area contributed by atoms with Gasteiger partial charge in [-0.3, -0.25) is 14.5 Å². The van der Waals surface area contributed by atoms with Gasteiger partial charge in [0.2, 0.25) is 11.8 Å². The molecule has 0 saturated carbocycles. The number of ether oxygens (including phenoxy) is 1. The maximum atomic E-state index is 12.6. The summed E-state index contributed by atoms with van der Waals surface area (Å²) in [6.45, 7) is 0.618. The Hall–Kier alpha value is -1.28. The van der Waals surface area contributed by atoms with Crippen LogP contribution in [0.4, 0.5) is 3.89 Å². The lowest BCUT2D eigenvalue weighted by Gasteiger charge is -2.15. The summed E-state index contributed by atoms with van der Waals surface area (Å²) in [5, 5.41) is -0.0837. The van der Waals surface area contributed by atoms with E-state index in [1.807, 2.05) is 6.26 Å². The largest absolute Gasteiger partial charge is 0.491 e. The van der Waals surface area contributed by atoms with Crippen LogP contribution in [0.25, 0.3) is 0 Å². The average Bonchev–Trinajstić information content (AvgIpc) is 2.78. The second kappa shape index (κ2) is 7.65. The average molecular weight is 330 g/mol. The van der Waals surface area contributed by atoms with Crippen LogP contribution in [0.2, 0.25) is 0 Å². The zero-order valence-electron chi connectivity index (χ0n) is 11.5. The van der Waals surface area contributed by atoms with E-state index in [1.165, 1.54) is 22.9 Å². The molecule has 0 aromatic carbocycles. The number of hydrogen-bond donors (Lipinski definition) is 0. The Kier molecular flexibility index (Phi) is 5.86. The van der Waals surface area contributed by atoms with Crippen LogP contribution in [0.5, 0.6) is 5.75 Å². The number of carbonyl (C=O) groups is 2. The zero-order valence-corrected chi connectivity index (χ0v) is 13.1. The van der Waals surface area contributed by atoms with Gasteiger partial charge in [-0.05, 0) is 24.8 Å². The van der Waals surface area contributed by atoms with Gasteiger partial charge in [-0.1, -0.05) is 0 Å². The molecule has 0 aliphatic carbocycles. The van der Waals surface area contributed by atoms with E-state index < -0.39 is 0 Å². The van der Waals surface area contributed by atoms with Crippen molar-refractivity contribution in [1.82, 2.24) is 9.88 Å². The fourth-order valence-corrected chi connectivity index (χ4v) is 2.96. The van der Waals surface area contributed by atoms with Crippen LogP contribution in [0.3, 0.4) is 0 Å². The molecule has 0 radical (unpaired) electrons. The first kappa shape index (κ1) is 16.1. The lowest BCUT2D eigenvalue weighted by Crippen LogP contribution is -2.32. The van der Waals surface area contributed by atoms with E-state index in [4.69, 9.17) is 4.74 Å². The highest BCUT2D eigenvalue weighted by atomic mass is 32.2. The molecule has 1 fully saturated rings. The first-order valence-electron chi connectivity index (χ1n) is 6.40. The molecule has 5 nitrogen and oxygen atoms in total. The van der Waals surface area contributed by atoms with Crippen molar-refractivity contribution in [1.29, 1.82) is 0 Å². The fourth-order valence-electron chi connectivity index (χ4n) is 2.02. The van der Waals surface area contributed by atoms with Crippen molar-refractivity contribution in [3.63, 3.8) is 0 Å². The molecule has 2 amide bonds. The van der Waals surface area contributed by atoms with Gasteiger partial charge in [-0.2, -0.15) is 15.6 Å². The number of hydrogen-bond acceptors (Lipinski definition) is 6. The third kappa shape index (κ3) is 3.88. The Bertz CT molecular complexity index is 530. The normalized spacial score (nSPS) is 18.4. The molecular weight excluding hydrogens is 315 g/mol. The summed E-state index contributed by atoms with van der Waals surface area (Å²) < 4.78 is 18.0. The maximum Gasteiger partial charge on any atom is 0.242 e. The second-order valence-electron chi connectivity index (χ2n) is 4.40. The first-order valence-corrected chi connectivity index (χ1v) is 8.41. The number of aromatic nitrogens is 1. The molecule has 1 atom stereocenters. The molecule has 1 aromatic heterocycles. The molecular formula is C13H15FN2O3S2. The molecule has 8 heteroatoms. The van der Waals surface area contributed by atoms with Crippen LogP contribution in [-0.4, -0.2) is 46.4 Å². The Labute approximate surface area is 130 Å². The summed E-state index contributed by atoms with van der Waals surface area (Å²) in [5.74, 6) is 0.0978. The summed E-state index contributed by atoms with van der Waals surface area (Å²) in [6, 6.07) is 3.29. The fraction of sp³-hybridized carbons (Fsp3) is 0.462. The van der Waals surface area contributed by atoms with Gasteiger partial charge in [-0.15, -0.1) is 0 Å². The molecule has 0 N–H and O–H groups in total. The highest BCUT2D eigenvalue weighted by Crippen LogP contribution is 2.27. The molecule has 114 valence electrons. The van der Waals surface area contributed by atoms with E-state index in [0.717, 1.165) is 0 Å². The number of amides is 2. The Morgan fingerprint density at radius 3 is 3.00 bits per heavy atom. The lowest BCUT2D eigenvalue weighted by molar-refractivity contribution is -0.138. The van der Waals surface area contributed by atoms with Gasteiger partial charge < -0.3 is 4.74 Å². The number of imide groups is 1. The van der Waals surface area contributed by atoms with Crippen molar-refractivity contribution in [3.8, 4) is 5.75 Å². The summed E-state index contributed by atoms with van der Waals surface area (Å²) in [7, 11) is 0. The monoisotopic (exact) mass is 330 g/mol. The smallest absolute Gasteiger partial charge is 0.242 e. The van der Waals surface area contributed by atoms with E-state index in [-0.39, 0.29) is 40.7 Å². The standard InChI is InChI=1S/C13H15FN2O3S2/c1-20-10-8-11(17)16(13(10)18)6-3-7-19-9-4-2-5-15-12(9)21-14/h2,4-5,10H,3,6-8H2,1H3. The number of carbonyl (C=O) groups excluding carboxylic acids is 2. The van der Waals surface area contributed by atoms with Gasteiger partial charge in [0.15, 0.2) is 10.8 Å². The van der Waals surface area contributed by atoms with Gasteiger partial charge >= 0.3 is 0 Å². The Balaban J connectivity index is 1.80. The molecule has 2 rings (SSSR count). The minimum Gasteiger partial charge on any atom is -0.491 e. The summed E-state index contributed by atoms with van der Waals surface area (Å²) >= 11 is 1.42. The first-order chi connectivity index (χ1) is 10.2. The third-order valence-electron chi connectivity index (χ3n) is 3.08. The molecule has 2 heterocycles. The van der Waals surface area contributed by atoms with Crippen molar-refractivity contribution >= 4 is 35.7 Å². The summed E-state index contributed by atoms with van der Waals surface area (Å²) in [5.41, 5.74) is 0. The van der Waals surface area contributed by atoms with Crippen molar-refractivity contribution < 1.29 is 18.2 Å². The van der Waals surface area contributed by atoms with Crippen molar-refractivity contribution in [2.75, 3.05) is 19.4 Å². The molecule has 1 unspecified atom stereocenters. The number of halogens is 1. The predicted octanol–water partition coefficient (Wildman–Crippen LogP) is 2.32. The van der Waals surface area contributed by atoms with E-state index in [9.17, 15) is 13.5 Å². The number of rotatable bonds is 7. The van der Waals surface area contributed by atoms with Gasteiger partial charge in [-0.25, -0.2) is 4.98 Å². The molecule has 1 saturated heterocycles. The van der Waals surface area contributed by atoms with Gasteiger partial charge in [0, 0.05) is 19.2 Å². The van der Waals surface area contributed by atoms with E-state index in [0.29, 0.717) is 25.3 Å². The Morgan fingerprint density at radius 2 is 2.33 bits per heavy atom. The van der Waals surface area contributed by atoms with Crippen LogP contribution in [0, 0.1) is 0 Å². The van der Waals surface area contributed by atoms with Gasteiger partial charge in [0.1, 0.15) is 12.1 Å². The zero-order chi connectivity index (χ0) is 15.2. The quantitative estimate of drug-likeness (QED) is 0.565. The second-order valence-corrected chi connectivity index (χ2v) is 5.98. The van der Waals surface area contributed by atoms with Gasteiger partial charge in [0.25, 0.3) is 0 Å². The van der Waals surface area contributed by atoms with Crippen LogP contribution >= 0.6 is 23.9 Å². The van der Waals surface area contributed by atoms with Gasteiger partial charge in [0.05, 0.1) is 11.9 Å². The van der Waals surface area contributed by atoms with E-state index >= 15 is 0 Å². The number of pyridine rings is 1. The molecule has 1 aliphatic rings. The summed E-state index contributed by atoms with van der Waals surface area (Å²) in [4.78, 5) is 28.7. The van der Waals surface area contributed by atoms with Crippen LogP contribution < -0.4 is 4.74 Å².